The maximum atomic E-state index is 5.69. The van der Waals surface area contributed by atoms with Crippen molar-refractivity contribution in [3.8, 4) is 5.75 Å². The Morgan fingerprint density at radius 2 is 2.00 bits per heavy atom. The number of hydrogen-bond acceptors (Lipinski definition) is 2. The van der Waals surface area contributed by atoms with E-state index in [1.54, 1.807) is 0 Å². The molecule has 0 radical (unpaired) electrons. The minimum Gasteiger partial charge on any atom is -0.491 e. The van der Waals surface area contributed by atoms with Crippen LogP contribution >= 0.6 is 0 Å². The molecule has 0 fully saturated rings. The second-order valence-corrected chi connectivity index (χ2v) is 4.24. The Balaban J connectivity index is 2.56. The predicted molar refractivity (Wildman–Crippen MR) is 70.2 cm³/mol. The first-order valence-corrected chi connectivity index (χ1v) is 6.23. The first-order chi connectivity index (χ1) is 7.77. The Kier molecular flexibility index (Phi) is 5.76. The van der Waals surface area contributed by atoms with E-state index in [2.05, 4.69) is 32.2 Å². The molecule has 0 bridgehead atoms. The maximum absolute atomic E-state index is 5.69. The summed E-state index contributed by atoms with van der Waals surface area (Å²) >= 11 is 0. The number of hydrogen-bond donors (Lipinski definition) is 1. The molecule has 1 unspecified atom stereocenters. The summed E-state index contributed by atoms with van der Waals surface area (Å²) in [7, 11) is 0. The van der Waals surface area contributed by atoms with Crippen LogP contribution in [-0.4, -0.2) is 13.2 Å². The monoisotopic (exact) mass is 221 g/mol. The van der Waals surface area contributed by atoms with Crippen molar-refractivity contribution >= 4 is 5.69 Å². The Labute approximate surface area is 99.0 Å². The van der Waals surface area contributed by atoms with E-state index in [-0.39, 0.29) is 0 Å². The summed E-state index contributed by atoms with van der Waals surface area (Å²) in [5.41, 5.74) is 1.11. The molecule has 0 saturated heterocycles. The second-order valence-electron chi connectivity index (χ2n) is 4.24. The van der Waals surface area contributed by atoms with Gasteiger partial charge in [0.2, 0.25) is 0 Å². The highest BCUT2D eigenvalue weighted by molar-refractivity contribution is 5.56. The summed E-state index contributed by atoms with van der Waals surface area (Å²) in [4.78, 5) is 0. The van der Waals surface area contributed by atoms with Gasteiger partial charge in [-0.1, -0.05) is 39.3 Å². The van der Waals surface area contributed by atoms with E-state index in [0.29, 0.717) is 5.92 Å². The molecule has 1 atom stereocenters. The van der Waals surface area contributed by atoms with Gasteiger partial charge in [0.25, 0.3) is 0 Å². The zero-order valence-electron chi connectivity index (χ0n) is 10.6. The zero-order valence-corrected chi connectivity index (χ0v) is 10.6. The lowest BCUT2D eigenvalue weighted by molar-refractivity contribution is 0.318. The number of benzene rings is 1. The summed E-state index contributed by atoms with van der Waals surface area (Å²) in [6, 6.07) is 8.15. The standard InChI is InChI=1S/C14H23NO/c1-4-10-16-14-9-7-6-8-13(14)15-11-12(3)5-2/h6-9,12,15H,4-5,10-11H2,1-3H3. The normalized spacial score (nSPS) is 12.2. The molecule has 1 aromatic carbocycles. The lowest BCUT2D eigenvalue weighted by atomic mass is 10.1. The molecule has 16 heavy (non-hydrogen) atoms. The van der Waals surface area contributed by atoms with Crippen LogP contribution in [0.15, 0.2) is 24.3 Å². The van der Waals surface area contributed by atoms with E-state index in [1.807, 2.05) is 18.2 Å². The van der Waals surface area contributed by atoms with Gasteiger partial charge in [-0.05, 0) is 24.5 Å². The molecule has 2 heteroatoms. The van der Waals surface area contributed by atoms with Crippen LogP contribution < -0.4 is 10.1 Å². The van der Waals surface area contributed by atoms with Crippen LogP contribution in [0.4, 0.5) is 5.69 Å². The quantitative estimate of drug-likeness (QED) is 0.753. The van der Waals surface area contributed by atoms with Gasteiger partial charge < -0.3 is 10.1 Å². The van der Waals surface area contributed by atoms with E-state index < -0.39 is 0 Å². The van der Waals surface area contributed by atoms with Crippen LogP contribution in [0.5, 0.6) is 5.75 Å². The highest BCUT2D eigenvalue weighted by atomic mass is 16.5. The van der Waals surface area contributed by atoms with E-state index in [9.17, 15) is 0 Å². The van der Waals surface area contributed by atoms with Gasteiger partial charge in [-0.15, -0.1) is 0 Å². The fraction of sp³-hybridized carbons (Fsp3) is 0.571. The molecule has 0 aromatic heterocycles. The first-order valence-electron chi connectivity index (χ1n) is 6.23. The fourth-order valence-corrected chi connectivity index (χ4v) is 1.38. The Bertz CT molecular complexity index is 299. The molecule has 0 saturated carbocycles. The lowest BCUT2D eigenvalue weighted by Gasteiger charge is -2.15. The van der Waals surface area contributed by atoms with E-state index in [4.69, 9.17) is 4.74 Å². The highest BCUT2D eigenvalue weighted by Gasteiger charge is 2.03. The van der Waals surface area contributed by atoms with Crippen LogP contribution in [0.25, 0.3) is 0 Å². The van der Waals surface area contributed by atoms with Crippen molar-refractivity contribution in [1.29, 1.82) is 0 Å². The van der Waals surface area contributed by atoms with Crippen molar-refractivity contribution in [3.63, 3.8) is 0 Å². The molecule has 1 N–H and O–H groups in total. The maximum Gasteiger partial charge on any atom is 0.142 e. The van der Waals surface area contributed by atoms with Crippen molar-refractivity contribution in [2.75, 3.05) is 18.5 Å². The summed E-state index contributed by atoms with van der Waals surface area (Å²) in [5, 5.41) is 3.45. The Morgan fingerprint density at radius 3 is 2.69 bits per heavy atom. The summed E-state index contributed by atoms with van der Waals surface area (Å²) in [5.74, 6) is 1.66. The third-order valence-electron chi connectivity index (χ3n) is 2.69. The number of ether oxygens (including phenoxy) is 1. The molecule has 90 valence electrons. The minimum absolute atomic E-state index is 0.694. The summed E-state index contributed by atoms with van der Waals surface area (Å²) in [6.45, 7) is 8.37. The van der Waals surface area contributed by atoms with Crippen molar-refractivity contribution in [2.24, 2.45) is 5.92 Å². The third kappa shape index (κ3) is 4.13. The van der Waals surface area contributed by atoms with Gasteiger partial charge >= 0.3 is 0 Å². The molecule has 0 aliphatic carbocycles. The van der Waals surface area contributed by atoms with Crippen LogP contribution in [0.3, 0.4) is 0 Å². The average molecular weight is 221 g/mol. The molecule has 0 amide bonds. The van der Waals surface area contributed by atoms with E-state index in [1.165, 1.54) is 6.42 Å². The molecule has 0 aliphatic rings. The Hall–Kier alpha value is -1.18. The molecule has 0 spiro atoms. The third-order valence-corrected chi connectivity index (χ3v) is 2.69. The lowest BCUT2D eigenvalue weighted by Crippen LogP contribution is -2.11. The van der Waals surface area contributed by atoms with Gasteiger partial charge in [-0.3, -0.25) is 0 Å². The van der Waals surface area contributed by atoms with Crippen molar-refractivity contribution in [2.45, 2.75) is 33.6 Å². The smallest absolute Gasteiger partial charge is 0.142 e. The number of nitrogens with one attached hydrogen (secondary N) is 1. The van der Waals surface area contributed by atoms with Gasteiger partial charge in [-0.25, -0.2) is 0 Å². The van der Waals surface area contributed by atoms with Gasteiger partial charge in [0.15, 0.2) is 0 Å². The molecular weight excluding hydrogens is 198 g/mol. The van der Waals surface area contributed by atoms with Crippen LogP contribution in [0, 0.1) is 5.92 Å². The summed E-state index contributed by atoms with van der Waals surface area (Å²) < 4.78 is 5.69. The SMILES string of the molecule is CCCOc1ccccc1NCC(C)CC. The highest BCUT2D eigenvalue weighted by Crippen LogP contribution is 2.24. The van der Waals surface area contributed by atoms with Crippen LogP contribution in [-0.2, 0) is 0 Å². The van der Waals surface area contributed by atoms with Crippen molar-refractivity contribution < 1.29 is 4.74 Å². The summed E-state index contributed by atoms with van der Waals surface area (Å²) in [6.07, 6.45) is 2.24. The molecule has 1 rings (SSSR count). The van der Waals surface area contributed by atoms with Crippen molar-refractivity contribution in [1.82, 2.24) is 0 Å². The zero-order chi connectivity index (χ0) is 11.8. The van der Waals surface area contributed by atoms with Crippen LogP contribution in [0.2, 0.25) is 0 Å². The molecular formula is C14H23NO. The van der Waals surface area contributed by atoms with Crippen molar-refractivity contribution in [3.05, 3.63) is 24.3 Å². The average Bonchev–Trinajstić information content (AvgIpc) is 2.34. The Morgan fingerprint density at radius 1 is 1.25 bits per heavy atom. The largest absolute Gasteiger partial charge is 0.491 e. The molecule has 0 heterocycles. The van der Waals surface area contributed by atoms with E-state index >= 15 is 0 Å². The number of anilines is 1. The molecule has 0 aliphatic heterocycles. The molecule has 1 aromatic rings. The fourth-order valence-electron chi connectivity index (χ4n) is 1.38. The second kappa shape index (κ2) is 7.15. The first kappa shape index (κ1) is 12.9. The van der Waals surface area contributed by atoms with Crippen LogP contribution in [0.1, 0.15) is 33.6 Å². The van der Waals surface area contributed by atoms with Gasteiger partial charge in [0.05, 0.1) is 12.3 Å². The predicted octanol–water partition coefficient (Wildman–Crippen LogP) is 3.93. The number of para-hydroxylation sites is 2. The van der Waals surface area contributed by atoms with Gasteiger partial charge in [0.1, 0.15) is 5.75 Å². The molecule has 2 nitrogen and oxygen atoms in total. The van der Waals surface area contributed by atoms with Gasteiger partial charge in [-0.2, -0.15) is 0 Å². The topological polar surface area (TPSA) is 21.3 Å². The number of rotatable bonds is 7. The minimum atomic E-state index is 0.694. The van der Waals surface area contributed by atoms with Gasteiger partial charge in [0, 0.05) is 6.54 Å². The van der Waals surface area contributed by atoms with E-state index in [0.717, 1.165) is 31.0 Å².